The van der Waals surface area contributed by atoms with Crippen molar-refractivity contribution >= 4 is 11.8 Å². The van der Waals surface area contributed by atoms with Gasteiger partial charge in [0.1, 0.15) is 5.78 Å². The summed E-state index contributed by atoms with van der Waals surface area (Å²) in [6.07, 6.45) is 2.17. The van der Waals surface area contributed by atoms with Gasteiger partial charge in [-0.25, -0.2) is 0 Å². The van der Waals surface area contributed by atoms with Gasteiger partial charge in [0.05, 0.1) is 12.0 Å². The van der Waals surface area contributed by atoms with Crippen molar-refractivity contribution in [3.8, 4) is 0 Å². The molecule has 1 fully saturated rings. The average Bonchev–Trinajstić information content (AvgIpc) is 2.95. The van der Waals surface area contributed by atoms with Crippen LogP contribution in [0.2, 0.25) is 0 Å². The van der Waals surface area contributed by atoms with Gasteiger partial charge < -0.3 is 5.11 Å². The lowest BCUT2D eigenvalue weighted by molar-refractivity contribution is -0.142. The van der Waals surface area contributed by atoms with Crippen LogP contribution in [0.3, 0.4) is 0 Å². The lowest BCUT2D eigenvalue weighted by Crippen LogP contribution is -2.43. The normalized spacial score (nSPS) is 20.0. The van der Waals surface area contributed by atoms with Gasteiger partial charge in [-0.1, -0.05) is 6.92 Å². The zero-order valence-electron chi connectivity index (χ0n) is 9.56. The summed E-state index contributed by atoms with van der Waals surface area (Å²) in [5, 5.41) is 8.84. The highest BCUT2D eigenvalue weighted by molar-refractivity contribution is 5.81. The van der Waals surface area contributed by atoms with Crippen molar-refractivity contribution in [2.24, 2.45) is 5.92 Å². The molecule has 4 nitrogen and oxygen atoms in total. The van der Waals surface area contributed by atoms with Crippen molar-refractivity contribution in [3.05, 3.63) is 0 Å². The lowest BCUT2D eigenvalue weighted by atomic mass is 10.1. The third kappa shape index (κ3) is 3.30. The van der Waals surface area contributed by atoms with E-state index in [1.807, 2.05) is 11.8 Å². The van der Waals surface area contributed by atoms with Crippen molar-refractivity contribution in [1.29, 1.82) is 0 Å². The van der Waals surface area contributed by atoms with E-state index in [0.29, 0.717) is 12.6 Å². The molecule has 1 N–H and O–H groups in total. The molecule has 0 aromatic carbocycles. The third-order valence-corrected chi connectivity index (χ3v) is 3.01. The van der Waals surface area contributed by atoms with E-state index < -0.39 is 11.9 Å². The number of nitrogens with zero attached hydrogens (tertiary/aromatic N) is 1. The van der Waals surface area contributed by atoms with Crippen LogP contribution in [0.25, 0.3) is 0 Å². The predicted molar refractivity (Wildman–Crippen MR) is 56.7 cm³/mol. The molecule has 1 aliphatic carbocycles. The van der Waals surface area contributed by atoms with Crippen molar-refractivity contribution in [2.45, 2.75) is 45.7 Å². The zero-order valence-corrected chi connectivity index (χ0v) is 9.56. The molecular formula is C11H19NO3. The van der Waals surface area contributed by atoms with Crippen molar-refractivity contribution < 1.29 is 14.7 Å². The van der Waals surface area contributed by atoms with E-state index in [9.17, 15) is 9.59 Å². The van der Waals surface area contributed by atoms with Gasteiger partial charge in [-0.2, -0.15) is 0 Å². The molecule has 0 aliphatic heterocycles. The van der Waals surface area contributed by atoms with Crippen LogP contribution in [-0.2, 0) is 9.59 Å². The molecule has 0 aromatic rings. The molecule has 2 atom stereocenters. The van der Waals surface area contributed by atoms with Crippen LogP contribution < -0.4 is 0 Å². The summed E-state index contributed by atoms with van der Waals surface area (Å²) >= 11 is 0. The van der Waals surface area contributed by atoms with Gasteiger partial charge in [0.15, 0.2) is 0 Å². The Morgan fingerprint density at radius 3 is 2.27 bits per heavy atom. The van der Waals surface area contributed by atoms with Gasteiger partial charge >= 0.3 is 5.97 Å². The molecule has 1 saturated carbocycles. The molecular weight excluding hydrogens is 194 g/mol. The smallest absolute Gasteiger partial charge is 0.307 e. The maximum Gasteiger partial charge on any atom is 0.307 e. The highest BCUT2D eigenvalue weighted by atomic mass is 16.4. The van der Waals surface area contributed by atoms with E-state index in [-0.39, 0.29) is 11.8 Å². The first-order chi connectivity index (χ1) is 6.93. The van der Waals surface area contributed by atoms with Gasteiger partial charge in [0, 0.05) is 12.6 Å². The Labute approximate surface area is 90.3 Å². The number of hydrogen-bond acceptors (Lipinski definition) is 3. The molecule has 0 heterocycles. The molecule has 0 spiro atoms. The molecule has 4 heteroatoms. The zero-order chi connectivity index (χ0) is 11.6. The van der Waals surface area contributed by atoms with Crippen LogP contribution in [0, 0.1) is 5.92 Å². The summed E-state index contributed by atoms with van der Waals surface area (Å²) in [5.41, 5.74) is 0. The number of carbonyl (C=O) groups is 2. The second-order valence-corrected chi connectivity index (χ2v) is 4.45. The van der Waals surface area contributed by atoms with E-state index in [4.69, 9.17) is 5.11 Å². The molecule has 0 amide bonds. The summed E-state index contributed by atoms with van der Waals surface area (Å²) < 4.78 is 0. The second-order valence-electron chi connectivity index (χ2n) is 4.45. The number of Topliss-reactive ketones (excluding diaryl/α,β-unsaturated/α-hetero) is 1. The standard InChI is InChI=1S/C11H19NO3/c1-7(11(14)15)6-12(10-4-5-10)8(2)9(3)13/h7-8,10H,4-6H2,1-3H3,(H,14,15). The van der Waals surface area contributed by atoms with Crippen LogP contribution in [0.15, 0.2) is 0 Å². The minimum Gasteiger partial charge on any atom is -0.481 e. The van der Waals surface area contributed by atoms with E-state index in [0.717, 1.165) is 12.8 Å². The fourth-order valence-corrected chi connectivity index (χ4v) is 1.66. The largest absolute Gasteiger partial charge is 0.481 e. The van der Waals surface area contributed by atoms with Crippen LogP contribution in [-0.4, -0.2) is 40.4 Å². The van der Waals surface area contributed by atoms with Crippen LogP contribution >= 0.6 is 0 Å². The fourth-order valence-electron chi connectivity index (χ4n) is 1.66. The monoisotopic (exact) mass is 213 g/mol. The van der Waals surface area contributed by atoms with Crippen LogP contribution in [0.4, 0.5) is 0 Å². The van der Waals surface area contributed by atoms with Gasteiger partial charge in [-0.3, -0.25) is 14.5 Å². The average molecular weight is 213 g/mol. The van der Waals surface area contributed by atoms with Gasteiger partial charge in [-0.05, 0) is 26.7 Å². The van der Waals surface area contributed by atoms with Gasteiger partial charge in [-0.15, -0.1) is 0 Å². The highest BCUT2D eigenvalue weighted by Crippen LogP contribution is 2.29. The fraction of sp³-hybridized carbons (Fsp3) is 0.818. The predicted octanol–water partition coefficient (Wildman–Crippen LogP) is 1.15. The summed E-state index contributed by atoms with van der Waals surface area (Å²) in [7, 11) is 0. The quantitative estimate of drug-likeness (QED) is 0.719. The Morgan fingerprint density at radius 1 is 1.40 bits per heavy atom. The summed E-state index contributed by atoms with van der Waals surface area (Å²) in [5.74, 6) is -1.09. The minimum atomic E-state index is -0.795. The Kier molecular flexibility index (Phi) is 3.85. The third-order valence-electron chi connectivity index (χ3n) is 3.01. The number of hydrogen-bond donors (Lipinski definition) is 1. The van der Waals surface area contributed by atoms with Crippen LogP contribution in [0.1, 0.15) is 33.6 Å². The Hall–Kier alpha value is -0.900. The number of rotatable bonds is 6. The molecule has 15 heavy (non-hydrogen) atoms. The van der Waals surface area contributed by atoms with Crippen LogP contribution in [0.5, 0.6) is 0 Å². The SMILES string of the molecule is CC(=O)C(C)N(CC(C)C(=O)O)C1CC1. The maximum absolute atomic E-state index is 11.3. The lowest BCUT2D eigenvalue weighted by Gasteiger charge is -2.28. The number of carboxylic acids is 1. The molecule has 0 aromatic heterocycles. The van der Waals surface area contributed by atoms with Crippen molar-refractivity contribution in [3.63, 3.8) is 0 Å². The molecule has 0 radical (unpaired) electrons. The van der Waals surface area contributed by atoms with E-state index in [1.165, 1.54) is 0 Å². The molecule has 0 saturated heterocycles. The topological polar surface area (TPSA) is 57.6 Å². The van der Waals surface area contributed by atoms with Gasteiger partial charge in [0.2, 0.25) is 0 Å². The van der Waals surface area contributed by atoms with E-state index in [1.54, 1.807) is 13.8 Å². The highest BCUT2D eigenvalue weighted by Gasteiger charge is 2.35. The summed E-state index contributed by atoms with van der Waals surface area (Å²) in [6.45, 7) is 5.58. The first-order valence-corrected chi connectivity index (χ1v) is 5.42. The van der Waals surface area contributed by atoms with Crippen molar-refractivity contribution in [2.75, 3.05) is 6.54 Å². The first kappa shape index (κ1) is 12.2. The molecule has 2 unspecified atom stereocenters. The molecule has 1 aliphatic rings. The second kappa shape index (κ2) is 4.75. The van der Waals surface area contributed by atoms with E-state index >= 15 is 0 Å². The Morgan fingerprint density at radius 2 is 1.93 bits per heavy atom. The number of carbonyl (C=O) groups excluding carboxylic acids is 1. The summed E-state index contributed by atoms with van der Waals surface area (Å²) in [4.78, 5) is 24.1. The number of aliphatic carboxylic acids is 1. The van der Waals surface area contributed by atoms with Gasteiger partial charge in [0.25, 0.3) is 0 Å². The minimum absolute atomic E-state index is 0.111. The molecule has 86 valence electrons. The first-order valence-electron chi connectivity index (χ1n) is 5.42. The number of ketones is 1. The van der Waals surface area contributed by atoms with Crippen molar-refractivity contribution in [1.82, 2.24) is 4.90 Å². The van der Waals surface area contributed by atoms with E-state index in [2.05, 4.69) is 0 Å². The summed E-state index contributed by atoms with van der Waals surface area (Å²) in [6, 6.07) is 0.269. The molecule has 0 bridgehead atoms. The molecule has 1 rings (SSSR count). The number of carboxylic acid groups (broad SMARTS) is 1. The maximum atomic E-state index is 11.3. The Bertz CT molecular complexity index is 261. The Balaban J connectivity index is 2.58.